The Morgan fingerprint density at radius 3 is 2.40 bits per heavy atom. The van der Waals surface area contributed by atoms with Gasteiger partial charge in [-0.25, -0.2) is 0 Å². The van der Waals surface area contributed by atoms with Crippen molar-refractivity contribution in [1.29, 1.82) is 0 Å². The van der Waals surface area contributed by atoms with Crippen molar-refractivity contribution in [1.82, 2.24) is 10.6 Å². The number of nitrogens with two attached hydrogens (primary N) is 1. The summed E-state index contributed by atoms with van der Waals surface area (Å²) in [6.07, 6.45) is 3.65. The van der Waals surface area contributed by atoms with Gasteiger partial charge in [-0.3, -0.25) is 9.59 Å². The summed E-state index contributed by atoms with van der Waals surface area (Å²) in [6.45, 7) is 0.608. The zero-order chi connectivity index (χ0) is 11.3. The third-order valence-corrected chi connectivity index (χ3v) is 3.11. The lowest BCUT2D eigenvalue weighted by Crippen LogP contribution is -2.43. The van der Waals surface area contributed by atoms with Gasteiger partial charge >= 0.3 is 0 Å². The molecular weight excluding hydrogens is 194 g/mol. The van der Waals surface area contributed by atoms with E-state index in [2.05, 4.69) is 10.6 Å². The Bertz CT molecular complexity index is 244. The predicted octanol–water partition coefficient (Wildman–Crippen LogP) is -0.632. The molecule has 0 unspecified atom stereocenters. The quantitative estimate of drug-likeness (QED) is 0.568. The second kappa shape index (κ2) is 5.11. The maximum Gasteiger partial charge on any atom is 0.239 e. The van der Waals surface area contributed by atoms with Gasteiger partial charge in [0.1, 0.15) is 0 Å². The summed E-state index contributed by atoms with van der Waals surface area (Å²) >= 11 is 0. The van der Waals surface area contributed by atoms with Crippen LogP contribution in [0.4, 0.5) is 0 Å². The molecule has 1 fully saturated rings. The minimum atomic E-state index is -0.182. The Hall–Kier alpha value is -1.10. The molecule has 0 heterocycles. The van der Waals surface area contributed by atoms with Gasteiger partial charge in [0.15, 0.2) is 0 Å². The molecule has 0 radical (unpaired) electrons. The lowest BCUT2D eigenvalue weighted by atomic mass is 9.66. The van der Waals surface area contributed by atoms with E-state index in [1.54, 1.807) is 7.05 Å². The molecule has 0 aromatic heterocycles. The summed E-state index contributed by atoms with van der Waals surface area (Å²) in [4.78, 5) is 22.4. The van der Waals surface area contributed by atoms with E-state index in [0.29, 0.717) is 13.0 Å². The number of amides is 2. The second-order valence-corrected chi connectivity index (χ2v) is 4.18. The molecule has 0 atom stereocenters. The number of nitrogens with one attached hydrogen (secondary N) is 2. The van der Waals surface area contributed by atoms with E-state index in [1.165, 1.54) is 0 Å². The lowest BCUT2D eigenvalue weighted by molar-refractivity contribution is -0.128. The van der Waals surface area contributed by atoms with Crippen LogP contribution < -0.4 is 16.4 Å². The second-order valence-electron chi connectivity index (χ2n) is 4.18. The third kappa shape index (κ3) is 3.20. The zero-order valence-corrected chi connectivity index (χ0v) is 9.14. The van der Waals surface area contributed by atoms with Gasteiger partial charge < -0.3 is 16.4 Å². The van der Waals surface area contributed by atoms with E-state index in [4.69, 9.17) is 5.73 Å². The van der Waals surface area contributed by atoms with Gasteiger partial charge in [-0.15, -0.1) is 0 Å². The van der Waals surface area contributed by atoms with Gasteiger partial charge in [0, 0.05) is 13.5 Å². The molecule has 2 amide bonds. The summed E-state index contributed by atoms with van der Waals surface area (Å²) in [5, 5.41) is 5.03. The van der Waals surface area contributed by atoms with Crippen LogP contribution >= 0.6 is 0 Å². The van der Waals surface area contributed by atoms with Gasteiger partial charge in [0.05, 0.1) is 6.54 Å². The van der Waals surface area contributed by atoms with E-state index in [0.717, 1.165) is 19.3 Å². The van der Waals surface area contributed by atoms with Crippen LogP contribution in [-0.4, -0.2) is 32.0 Å². The minimum Gasteiger partial charge on any atom is -0.358 e. The molecule has 0 spiro atoms. The number of carbonyl (C=O) groups excluding carboxylic acids is 2. The van der Waals surface area contributed by atoms with Gasteiger partial charge in [0.25, 0.3) is 0 Å². The fourth-order valence-corrected chi connectivity index (χ4v) is 1.80. The largest absolute Gasteiger partial charge is 0.358 e. The van der Waals surface area contributed by atoms with E-state index < -0.39 is 0 Å². The van der Waals surface area contributed by atoms with Crippen LogP contribution in [0.1, 0.15) is 25.7 Å². The highest BCUT2D eigenvalue weighted by Crippen LogP contribution is 2.42. The van der Waals surface area contributed by atoms with Crippen molar-refractivity contribution in [3.63, 3.8) is 0 Å². The number of carbonyl (C=O) groups is 2. The highest BCUT2D eigenvalue weighted by molar-refractivity contribution is 5.84. The summed E-state index contributed by atoms with van der Waals surface area (Å²) in [5.74, 6) is -0.262. The number of hydrogen-bond acceptors (Lipinski definition) is 3. The van der Waals surface area contributed by atoms with E-state index in [9.17, 15) is 9.59 Å². The Morgan fingerprint density at radius 2 is 2.00 bits per heavy atom. The van der Waals surface area contributed by atoms with Crippen LogP contribution in [0, 0.1) is 5.41 Å². The first-order valence-electron chi connectivity index (χ1n) is 5.29. The fourth-order valence-electron chi connectivity index (χ4n) is 1.80. The summed E-state index contributed by atoms with van der Waals surface area (Å²) in [7, 11) is 1.54. The molecule has 0 bridgehead atoms. The first-order valence-corrected chi connectivity index (χ1v) is 5.29. The van der Waals surface area contributed by atoms with E-state index >= 15 is 0 Å². The maximum absolute atomic E-state index is 11.5. The van der Waals surface area contributed by atoms with Crippen molar-refractivity contribution in [2.75, 3.05) is 20.1 Å². The van der Waals surface area contributed by atoms with E-state index in [1.807, 2.05) is 0 Å². The molecule has 0 aromatic rings. The van der Waals surface area contributed by atoms with Crippen molar-refractivity contribution in [3.8, 4) is 0 Å². The number of rotatable bonds is 5. The average molecular weight is 213 g/mol. The Balaban J connectivity index is 2.26. The van der Waals surface area contributed by atoms with Crippen LogP contribution in [0.5, 0.6) is 0 Å². The Labute approximate surface area is 89.8 Å². The van der Waals surface area contributed by atoms with Crippen molar-refractivity contribution in [2.45, 2.75) is 25.7 Å². The van der Waals surface area contributed by atoms with Crippen molar-refractivity contribution >= 4 is 11.8 Å². The molecule has 0 saturated heterocycles. The van der Waals surface area contributed by atoms with Crippen LogP contribution in [0.25, 0.3) is 0 Å². The highest BCUT2D eigenvalue weighted by Gasteiger charge is 2.37. The fraction of sp³-hybridized carbons (Fsp3) is 0.800. The molecule has 15 heavy (non-hydrogen) atoms. The van der Waals surface area contributed by atoms with Crippen molar-refractivity contribution < 1.29 is 9.59 Å². The molecule has 5 nitrogen and oxygen atoms in total. The summed E-state index contributed by atoms with van der Waals surface area (Å²) in [5.41, 5.74) is 5.65. The monoisotopic (exact) mass is 213 g/mol. The molecule has 0 aromatic carbocycles. The first kappa shape index (κ1) is 12.0. The Kier molecular flexibility index (Phi) is 4.08. The van der Waals surface area contributed by atoms with Crippen molar-refractivity contribution in [3.05, 3.63) is 0 Å². The minimum absolute atomic E-state index is 0.00672. The summed E-state index contributed by atoms with van der Waals surface area (Å²) < 4.78 is 0. The van der Waals surface area contributed by atoms with Gasteiger partial charge in [-0.1, -0.05) is 6.42 Å². The molecule has 1 aliphatic rings. The predicted molar refractivity (Wildman–Crippen MR) is 57.0 cm³/mol. The SMILES string of the molecule is CNC(=O)CNC(=O)CC1(CN)CCC1. The molecule has 5 heteroatoms. The molecule has 1 aliphatic carbocycles. The van der Waals surface area contributed by atoms with Crippen LogP contribution in [0.15, 0.2) is 0 Å². The normalized spacial score (nSPS) is 17.7. The third-order valence-electron chi connectivity index (χ3n) is 3.11. The van der Waals surface area contributed by atoms with Crippen LogP contribution in [-0.2, 0) is 9.59 Å². The first-order chi connectivity index (χ1) is 7.12. The van der Waals surface area contributed by atoms with Gasteiger partial charge in [-0.2, -0.15) is 0 Å². The molecule has 86 valence electrons. The standard InChI is InChI=1S/C10H19N3O2/c1-12-9(15)6-13-8(14)5-10(7-11)3-2-4-10/h2-7,11H2,1H3,(H,12,15)(H,13,14). The number of hydrogen-bond donors (Lipinski definition) is 3. The zero-order valence-electron chi connectivity index (χ0n) is 9.14. The maximum atomic E-state index is 11.5. The molecule has 0 aliphatic heterocycles. The van der Waals surface area contributed by atoms with E-state index in [-0.39, 0.29) is 23.8 Å². The molecule has 4 N–H and O–H groups in total. The molecule has 1 saturated carbocycles. The molecular formula is C10H19N3O2. The van der Waals surface area contributed by atoms with Gasteiger partial charge in [0.2, 0.25) is 11.8 Å². The smallest absolute Gasteiger partial charge is 0.239 e. The lowest BCUT2D eigenvalue weighted by Gasteiger charge is -2.40. The Morgan fingerprint density at radius 1 is 1.33 bits per heavy atom. The highest BCUT2D eigenvalue weighted by atomic mass is 16.2. The average Bonchev–Trinajstić information content (AvgIpc) is 2.20. The van der Waals surface area contributed by atoms with Crippen LogP contribution in [0.3, 0.4) is 0 Å². The van der Waals surface area contributed by atoms with Gasteiger partial charge in [-0.05, 0) is 24.8 Å². The summed E-state index contributed by atoms with van der Waals surface area (Å²) in [6, 6.07) is 0. The number of likely N-dealkylation sites (N-methyl/N-ethyl adjacent to an activating group) is 1. The topological polar surface area (TPSA) is 84.2 Å². The molecule has 1 rings (SSSR count). The van der Waals surface area contributed by atoms with Crippen LogP contribution in [0.2, 0.25) is 0 Å². The van der Waals surface area contributed by atoms with Crippen molar-refractivity contribution in [2.24, 2.45) is 11.1 Å².